The highest BCUT2D eigenvalue weighted by atomic mass is 14.8. The van der Waals surface area contributed by atoms with Gasteiger partial charge in [-0.15, -0.1) is 0 Å². The first-order chi connectivity index (χ1) is 2.41. The SMILES string of the molecule is CC[N]CC. The van der Waals surface area contributed by atoms with Crippen molar-refractivity contribution in [1.29, 1.82) is 0 Å². The zero-order valence-corrected chi connectivity index (χ0v) is 3.86. The Labute approximate surface area is 33.4 Å². The molecule has 0 rings (SSSR count). The lowest BCUT2D eigenvalue weighted by molar-refractivity contribution is 0.745. The van der Waals surface area contributed by atoms with Crippen molar-refractivity contribution in [3.8, 4) is 0 Å². The van der Waals surface area contributed by atoms with Gasteiger partial charge < -0.3 is 0 Å². The van der Waals surface area contributed by atoms with Crippen molar-refractivity contribution in [3.05, 3.63) is 0 Å². The van der Waals surface area contributed by atoms with Crippen LogP contribution >= 0.6 is 0 Å². The summed E-state index contributed by atoms with van der Waals surface area (Å²) in [6.07, 6.45) is 0. The molecule has 0 saturated carbocycles. The van der Waals surface area contributed by atoms with E-state index in [1.165, 1.54) is 0 Å². The molecule has 1 nitrogen and oxygen atoms in total. The van der Waals surface area contributed by atoms with Gasteiger partial charge in [0.15, 0.2) is 0 Å². The molecule has 0 N–H and O–H groups in total. The lowest BCUT2D eigenvalue weighted by atomic mass is 10.7. The largest absolute Gasteiger partial charge is 0.242 e. The van der Waals surface area contributed by atoms with E-state index in [0.29, 0.717) is 0 Å². The van der Waals surface area contributed by atoms with E-state index in [-0.39, 0.29) is 0 Å². The van der Waals surface area contributed by atoms with Crippen molar-refractivity contribution in [1.82, 2.24) is 5.32 Å². The molecule has 0 aromatic carbocycles. The summed E-state index contributed by atoms with van der Waals surface area (Å²) >= 11 is 0. The summed E-state index contributed by atoms with van der Waals surface area (Å²) in [7, 11) is 0. The second-order valence-corrected chi connectivity index (χ2v) is 0.856. The van der Waals surface area contributed by atoms with Crippen molar-refractivity contribution in [3.63, 3.8) is 0 Å². The van der Waals surface area contributed by atoms with E-state index in [1.54, 1.807) is 0 Å². The molecule has 1 heteroatoms. The number of hydrogen-bond acceptors (Lipinski definition) is 0. The topological polar surface area (TPSA) is 14.1 Å². The van der Waals surface area contributed by atoms with Gasteiger partial charge in [-0.3, -0.25) is 0 Å². The minimum atomic E-state index is 0.969. The molecule has 0 aliphatic rings. The molecular weight excluding hydrogens is 62.1 g/mol. The Kier molecular flexibility index (Phi) is 3.93. The van der Waals surface area contributed by atoms with Gasteiger partial charge in [-0.25, -0.2) is 5.32 Å². The Morgan fingerprint density at radius 3 is 1.60 bits per heavy atom. The molecule has 0 aromatic rings. The van der Waals surface area contributed by atoms with Gasteiger partial charge in [-0.2, -0.15) is 0 Å². The van der Waals surface area contributed by atoms with Crippen LogP contribution in [-0.2, 0) is 0 Å². The molecule has 0 amide bonds. The molecule has 0 fully saturated rings. The van der Waals surface area contributed by atoms with Crippen LogP contribution in [-0.4, -0.2) is 13.1 Å². The summed E-state index contributed by atoms with van der Waals surface area (Å²) in [6, 6.07) is 0. The Morgan fingerprint density at radius 2 is 1.60 bits per heavy atom. The maximum atomic E-state index is 3.97. The second-order valence-electron chi connectivity index (χ2n) is 0.856. The van der Waals surface area contributed by atoms with Crippen LogP contribution in [0.4, 0.5) is 0 Å². The monoisotopic (exact) mass is 72.1 g/mol. The van der Waals surface area contributed by atoms with Crippen molar-refractivity contribution in [2.75, 3.05) is 13.1 Å². The molecule has 0 unspecified atom stereocenters. The summed E-state index contributed by atoms with van der Waals surface area (Å²) < 4.78 is 0. The summed E-state index contributed by atoms with van der Waals surface area (Å²) in [5.74, 6) is 0. The summed E-state index contributed by atoms with van der Waals surface area (Å²) in [5.41, 5.74) is 0. The normalized spacial score (nSPS) is 8.40. The standard InChI is InChI=1S/C4H10N/c1-3-5-4-2/h3-4H2,1-2H3. The fraction of sp³-hybridized carbons (Fsp3) is 1.00. The van der Waals surface area contributed by atoms with Gasteiger partial charge in [-0.05, 0) is 0 Å². The summed E-state index contributed by atoms with van der Waals surface area (Å²) in [5, 5.41) is 3.97. The van der Waals surface area contributed by atoms with Gasteiger partial charge >= 0.3 is 0 Å². The minimum Gasteiger partial charge on any atom is -0.242 e. The highest BCUT2D eigenvalue weighted by Gasteiger charge is 1.65. The third kappa shape index (κ3) is 3.96. The van der Waals surface area contributed by atoms with Gasteiger partial charge in [0.2, 0.25) is 0 Å². The zero-order chi connectivity index (χ0) is 4.12. The van der Waals surface area contributed by atoms with E-state index in [1.807, 2.05) is 13.8 Å². The molecule has 0 aromatic heterocycles. The van der Waals surface area contributed by atoms with Crippen LogP contribution in [0.15, 0.2) is 0 Å². The maximum absolute atomic E-state index is 3.97. The van der Waals surface area contributed by atoms with Gasteiger partial charge in [0.25, 0.3) is 0 Å². The first kappa shape index (κ1) is 4.96. The maximum Gasteiger partial charge on any atom is 0.0104 e. The fourth-order valence-corrected chi connectivity index (χ4v) is 0.224. The first-order valence-electron chi connectivity index (χ1n) is 2.05. The summed E-state index contributed by atoms with van der Waals surface area (Å²) in [6.45, 7) is 6.03. The van der Waals surface area contributed by atoms with E-state index in [9.17, 15) is 0 Å². The Morgan fingerprint density at radius 1 is 1.20 bits per heavy atom. The average molecular weight is 72.1 g/mol. The quantitative estimate of drug-likeness (QED) is 0.454. The minimum absolute atomic E-state index is 0.969. The van der Waals surface area contributed by atoms with Gasteiger partial charge in [0.1, 0.15) is 0 Å². The van der Waals surface area contributed by atoms with Crippen LogP contribution in [0.5, 0.6) is 0 Å². The van der Waals surface area contributed by atoms with E-state index >= 15 is 0 Å². The number of hydrogen-bond donors (Lipinski definition) is 0. The number of nitrogens with zero attached hydrogens (tertiary/aromatic N) is 1. The van der Waals surface area contributed by atoms with Crippen molar-refractivity contribution in [2.24, 2.45) is 0 Å². The van der Waals surface area contributed by atoms with Crippen LogP contribution in [0.1, 0.15) is 13.8 Å². The zero-order valence-electron chi connectivity index (χ0n) is 3.86. The molecule has 0 aliphatic heterocycles. The second kappa shape index (κ2) is 3.96. The predicted molar refractivity (Wildman–Crippen MR) is 23.2 cm³/mol. The predicted octanol–water partition coefficient (Wildman–Crippen LogP) is 0.631. The molecule has 0 aliphatic carbocycles. The van der Waals surface area contributed by atoms with Crippen LogP contribution in [0, 0.1) is 0 Å². The molecular formula is C4H10N. The van der Waals surface area contributed by atoms with Gasteiger partial charge in [0.05, 0.1) is 0 Å². The fourth-order valence-electron chi connectivity index (χ4n) is 0.224. The molecule has 0 spiro atoms. The highest BCUT2D eigenvalue weighted by Crippen LogP contribution is 1.52. The molecule has 0 atom stereocenters. The Balaban J connectivity index is 2.19. The van der Waals surface area contributed by atoms with Crippen molar-refractivity contribution < 1.29 is 0 Å². The van der Waals surface area contributed by atoms with Gasteiger partial charge in [-0.1, -0.05) is 13.8 Å². The number of rotatable bonds is 2. The molecule has 0 bridgehead atoms. The summed E-state index contributed by atoms with van der Waals surface area (Å²) in [4.78, 5) is 0. The lowest BCUT2D eigenvalue weighted by Gasteiger charge is -1.82. The molecule has 31 valence electrons. The lowest BCUT2D eigenvalue weighted by Crippen LogP contribution is -1.99. The van der Waals surface area contributed by atoms with E-state index in [4.69, 9.17) is 0 Å². The van der Waals surface area contributed by atoms with Crippen LogP contribution < -0.4 is 5.32 Å². The van der Waals surface area contributed by atoms with Gasteiger partial charge in [0, 0.05) is 13.1 Å². The smallest absolute Gasteiger partial charge is 0.0104 e. The third-order valence-electron chi connectivity index (χ3n) is 0.447. The Hall–Kier alpha value is -0.0400. The van der Waals surface area contributed by atoms with E-state index in [2.05, 4.69) is 5.32 Å². The average Bonchev–Trinajstić information content (AvgIpc) is 1.41. The van der Waals surface area contributed by atoms with Crippen molar-refractivity contribution in [2.45, 2.75) is 13.8 Å². The first-order valence-corrected chi connectivity index (χ1v) is 2.05. The molecule has 0 saturated heterocycles. The molecule has 0 heterocycles. The highest BCUT2D eigenvalue weighted by molar-refractivity contribution is 4.26. The van der Waals surface area contributed by atoms with Crippen LogP contribution in [0.2, 0.25) is 0 Å². The van der Waals surface area contributed by atoms with E-state index in [0.717, 1.165) is 13.1 Å². The third-order valence-corrected chi connectivity index (χ3v) is 0.447. The van der Waals surface area contributed by atoms with E-state index < -0.39 is 0 Å². The molecule has 1 radical (unpaired) electrons. The van der Waals surface area contributed by atoms with Crippen LogP contribution in [0.3, 0.4) is 0 Å². The van der Waals surface area contributed by atoms with Crippen molar-refractivity contribution >= 4 is 0 Å². The Bertz CT molecular complexity index is 11.1. The van der Waals surface area contributed by atoms with Crippen LogP contribution in [0.25, 0.3) is 0 Å². The molecule has 5 heavy (non-hydrogen) atoms.